The summed E-state index contributed by atoms with van der Waals surface area (Å²) in [4.78, 5) is 13.8. The number of nitrogen functional groups attached to an aromatic ring is 1. The summed E-state index contributed by atoms with van der Waals surface area (Å²) < 4.78 is 0. The van der Waals surface area contributed by atoms with Crippen LogP contribution >= 0.6 is 0 Å². The van der Waals surface area contributed by atoms with Crippen LogP contribution in [0.5, 0.6) is 0 Å². The molecule has 1 fully saturated rings. The number of piperidine rings is 1. The van der Waals surface area contributed by atoms with E-state index in [4.69, 9.17) is 5.73 Å². The quantitative estimate of drug-likeness (QED) is 0.728. The molecule has 114 valence electrons. The molecule has 0 bridgehead atoms. The van der Waals surface area contributed by atoms with Gasteiger partial charge in [0, 0.05) is 30.7 Å². The maximum absolute atomic E-state index is 11.4. The van der Waals surface area contributed by atoms with Crippen molar-refractivity contribution in [3.8, 4) is 0 Å². The Morgan fingerprint density at radius 2 is 2.19 bits per heavy atom. The molecule has 2 unspecified atom stereocenters. The van der Waals surface area contributed by atoms with E-state index in [2.05, 4.69) is 35.6 Å². The summed E-state index contributed by atoms with van der Waals surface area (Å²) in [5.74, 6) is 0.0757. The predicted molar refractivity (Wildman–Crippen MR) is 86.5 cm³/mol. The van der Waals surface area contributed by atoms with Gasteiger partial charge in [0.2, 0.25) is 5.91 Å². The highest BCUT2D eigenvalue weighted by Gasteiger charge is 2.24. The van der Waals surface area contributed by atoms with Crippen LogP contribution in [0.25, 0.3) is 0 Å². The number of carbonyl (C=O) groups is 1. The number of fused-ring (bicyclic) bond motifs is 1. The van der Waals surface area contributed by atoms with E-state index in [9.17, 15) is 4.79 Å². The summed E-state index contributed by atoms with van der Waals surface area (Å²) in [5, 5.41) is 6.49. The Hall–Kier alpha value is -1.75. The van der Waals surface area contributed by atoms with Crippen LogP contribution in [0, 0.1) is 0 Å². The number of aryl methyl sites for hydroxylation is 1. The molecule has 2 aliphatic heterocycles. The molecule has 1 aromatic rings. The Bertz CT molecular complexity index is 557. The second-order valence-corrected chi connectivity index (χ2v) is 6.34. The van der Waals surface area contributed by atoms with E-state index in [0.717, 1.165) is 37.2 Å². The van der Waals surface area contributed by atoms with E-state index < -0.39 is 0 Å². The molecule has 1 saturated heterocycles. The maximum atomic E-state index is 11.4. The molecule has 1 amide bonds. The van der Waals surface area contributed by atoms with Gasteiger partial charge in [-0.1, -0.05) is 0 Å². The highest BCUT2D eigenvalue weighted by Crippen LogP contribution is 2.32. The number of amides is 1. The molecular formula is C16H24N4O. The van der Waals surface area contributed by atoms with Gasteiger partial charge < -0.3 is 21.3 Å². The van der Waals surface area contributed by atoms with Crippen molar-refractivity contribution in [1.29, 1.82) is 0 Å². The molecule has 21 heavy (non-hydrogen) atoms. The van der Waals surface area contributed by atoms with Crippen LogP contribution in [-0.2, 0) is 11.2 Å². The minimum absolute atomic E-state index is 0.0757. The molecule has 0 spiro atoms. The molecule has 5 heteroatoms. The van der Waals surface area contributed by atoms with Crippen LogP contribution < -0.4 is 16.4 Å². The Morgan fingerprint density at radius 1 is 1.38 bits per heavy atom. The molecule has 5 nitrogen and oxygen atoms in total. The van der Waals surface area contributed by atoms with Gasteiger partial charge in [-0.3, -0.25) is 4.79 Å². The fourth-order valence-electron chi connectivity index (χ4n) is 3.21. The number of rotatable bonds is 2. The van der Waals surface area contributed by atoms with Crippen molar-refractivity contribution in [1.82, 2.24) is 4.90 Å². The lowest BCUT2D eigenvalue weighted by Crippen LogP contribution is -2.42. The van der Waals surface area contributed by atoms with Crippen LogP contribution in [0.1, 0.15) is 31.7 Å². The lowest BCUT2D eigenvalue weighted by Gasteiger charge is -2.36. The van der Waals surface area contributed by atoms with Crippen LogP contribution in [0.3, 0.4) is 0 Å². The molecule has 0 saturated carbocycles. The zero-order valence-corrected chi connectivity index (χ0v) is 12.8. The summed E-state index contributed by atoms with van der Waals surface area (Å²) in [7, 11) is 2.18. The first-order valence-corrected chi connectivity index (χ1v) is 7.72. The number of likely N-dealkylation sites (tertiary alicyclic amines) is 1. The maximum Gasteiger partial charge on any atom is 0.224 e. The normalized spacial score (nSPS) is 26.1. The third-order valence-corrected chi connectivity index (χ3v) is 4.74. The highest BCUT2D eigenvalue weighted by atomic mass is 16.1. The molecule has 0 aliphatic carbocycles. The first kappa shape index (κ1) is 14.2. The largest absolute Gasteiger partial charge is 0.397 e. The predicted octanol–water partition coefficient (Wildman–Crippen LogP) is 2.05. The summed E-state index contributed by atoms with van der Waals surface area (Å²) in [5.41, 5.74) is 9.90. The average molecular weight is 288 g/mol. The third kappa shape index (κ3) is 2.97. The number of hydrogen-bond donors (Lipinski definition) is 3. The van der Waals surface area contributed by atoms with Crippen molar-refractivity contribution in [3.63, 3.8) is 0 Å². The smallest absolute Gasteiger partial charge is 0.224 e. The molecule has 0 aromatic heterocycles. The van der Waals surface area contributed by atoms with Crippen molar-refractivity contribution in [2.45, 2.75) is 44.7 Å². The van der Waals surface area contributed by atoms with Crippen molar-refractivity contribution >= 4 is 23.0 Å². The topological polar surface area (TPSA) is 70.4 Å². The number of nitrogens with zero attached hydrogens (tertiary/aromatic N) is 1. The SMILES string of the molecule is CC1CC(Nc2cc3c(cc2N)NC(=O)CC3)CCN1C. The van der Waals surface area contributed by atoms with Gasteiger partial charge in [0.25, 0.3) is 0 Å². The van der Waals surface area contributed by atoms with Gasteiger partial charge in [-0.05, 0) is 50.9 Å². The Morgan fingerprint density at radius 3 is 2.95 bits per heavy atom. The van der Waals surface area contributed by atoms with E-state index in [1.807, 2.05) is 6.07 Å². The first-order valence-electron chi connectivity index (χ1n) is 7.72. The second kappa shape index (κ2) is 5.56. The molecule has 2 heterocycles. The fourth-order valence-corrected chi connectivity index (χ4v) is 3.21. The zero-order chi connectivity index (χ0) is 15.0. The molecule has 2 atom stereocenters. The molecule has 2 aliphatic rings. The number of nitrogens with two attached hydrogens (primary N) is 1. The average Bonchev–Trinajstić information content (AvgIpc) is 2.44. The van der Waals surface area contributed by atoms with Gasteiger partial charge in [-0.2, -0.15) is 0 Å². The minimum atomic E-state index is 0.0757. The molecular weight excluding hydrogens is 264 g/mol. The summed E-state index contributed by atoms with van der Waals surface area (Å²) >= 11 is 0. The first-order chi connectivity index (χ1) is 10.0. The van der Waals surface area contributed by atoms with E-state index in [-0.39, 0.29) is 5.91 Å². The van der Waals surface area contributed by atoms with Crippen LogP contribution in [0.15, 0.2) is 12.1 Å². The van der Waals surface area contributed by atoms with Gasteiger partial charge in [-0.25, -0.2) is 0 Å². The second-order valence-electron chi connectivity index (χ2n) is 6.34. The number of carbonyl (C=O) groups excluding carboxylic acids is 1. The molecule has 4 N–H and O–H groups in total. The molecule has 3 rings (SSSR count). The zero-order valence-electron chi connectivity index (χ0n) is 12.8. The van der Waals surface area contributed by atoms with Gasteiger partial charge in [0.1, 0.15) is 0 Å². The van der Waals surface area contributed by atoms with Crippen molar-refractivity contribution in [2.75, 3.05) is 30.0 Å². The fraction of sp³-hybridized carbons (Fsp3) is 0.562. The lowest BCUT2D eigenvalue weighted by molar-refractivity contribution is -0.116. The summed E-state index contributed by atoms with van der Waals surface area (Å²) in [6, 6.07) is 5.05. The third-order valence-electron chi connectivity index (χ3n) is 4.74. The van der Waals surface area contributed by atoms with E-state index >= 15 is 0 Å². The van der Waals surface area contributed by atoms with Gasteiger partial charge >= 0.3 is 0 Å². The van der Waals surface area contributed by atoms with Gasteiger partial charge in [0.15, 0.2) is 0 Å². The number of nitrogens with one attached hydrogen (secondary N) is 2. The standard InChI is InChI=1S/C16H24N4O/c1-10-7-12(5-6-20(10)2)18-15-8-11-3-4-16(21)19-14(11)9-13(15)17/h8-10,12,18H,3-7,17H2,1-2H3,(H,19,21). The van der Waals surface area contributed by atoms with Crippen LogP contribution in [-0.4, -0.2) is 36.5 Å². The molecule has 0 radical (unpaired) electrons. The van der Waals surface area contributed by atoms with Crippen molar-refractivity contribution < 1.29 is 4.79 Å². The summed E-state index contributed by atoms with van der Waals surface area (Å²) in [6.07, 6.45) is 3.61. The molecule has 1 aromatic carbocycles. The van der Waals surface area contributed by atoms with Crippen LogP contribution in [0.4, 0.5) is 17.1 Å². The van der Waals surface area contributed by atoms with E-state index in [1.54, 1.807) is 0 Å². The number of hydrogen-bond acceptors (Lipinski definition) is 4. The number of benzene rings is 1. The Labute approximate surface area is 125 Å². The van der Waals surface area contributed by atoms with E-state index in [0.29, 0.717) is 24.2 Å². The summed E-state index contributed by atoms with van der Waals surface area (Å²) in [6.45, 7) is 3.37. The highest BCUT2D eigenvalue weighted by molar-refractivity contribution is 5.95. The van der Waals surface area contributed by atoms with Crippen molar-refractivity contribution in [2.24, 2.45) is 0 Å². The van der Waals surface area contributed by atoms with Gasteiger partial charge in [0.05, 0.1) is 11.4 Å². The van der Waals surface area contributed by atoms with E-state index in [1.165, 1.54) is 5.56 Å². The van der Waals surface area contributed by atoms with Crippen LogP contribution in [0.2, 0.25) is 0 Å². The van der Waals surface area contributed by atoms with Gasteiger partial charge in [-0.15, -0.1) is 0 Å². The monoisotopic (exact) mass is 288 g/mol. The Kier molecular flexibility index (Phi) is 3.76. The van der Waals surface area contributed by atoms with Crippen molar-refractivity contribution in [3.05, 3.63) is 17.7 Å². The Balaban J connectivity index is 1.75. The minimum Gasteiger partial charge on any atom is -0.397 e. The number of anilines is 3. The lowest BCUT2D eigenvalue weighted by atomic mass is 9.97.